The van der Waals surface area contributed by atoms with Gasteiger partial charge in [-0.2, -0.15) is 0 Å². The molecule has 0 aliphatic carbocycles. The molecule has 0 spiro atoms. The summed E-state index contributed by atoms with van der Waals surface area (Å²) in [4.78, 5) is 4.42. The van der Waals surface area contributed by atoms with E-state index in [0.717, 1.165) is 30.1 Å². The van der Waals surface area contributed by atoms with Crippen LogP contribution in [0.1, 0.15) is 0 Å². The lowest BCUT2D eigenvalue weighted by Crippen LogP contribution is -1.92. The summed E-state index contributed by atoms with van der Waals surface area (Å²) in [5, 5.41) is 12.9. The van der Waals surface area contributed by atoms with Crippen molar-refractivity contribution in [2.75, 3.05) is 5.32 Å². The standard InChI is InChI=1S/C11H6Br2N4S/c12-7-4-6-2-1-3-8(9(6)14-5-7)15-11-17-16-10(13)18-11/h1-5H,(H,15,17). The van der Waals surface area contributed by atoms with E-state index in [9.17, 15) is 0 Å². The largest absolute Gasteiger partial charge is 0.328 e. The number of hydrogen-bond donors (Lipinski definition) is 1. The molecule has 18 heavy (non-hydrogen) atoms. The van der Waals surface area contributed by atoms with Crippen molar-refractivity contribution in [3.8, 4) is 0 Å². The van der Waals surface area contributed by atoms with Crippen LogP contribution in [-0.2, 0) is 0 Å². The molecule has 3 aromatic rings. The summed E-state index contributed by atoms with van der Waals surface area (Å²) in [6.07, 6.45) is 1.78. The molecule has 0 fully saturated rings. The number of fused-ring (bicyclic) bond motifs is 1. The minimum Gasteiger partial charge on any atom is -0.328 e. The Bertz CT molecular complexity index is 713. The Morgan fingerprint density at radius 2 is 2.06 bits per heavy atom. The first-order chi connectivity index (χ1) is 8.72. The molecule has 4 nitrogen and oxygen atoms in total. The maximum absolute atomic E-state index is 4.42. The van der Waals surface area contributed by atoms with Gasteiger partial charge in [0, 0.05) is 16.1 Å². The van der Waals surface area contributed by atoms with Crippen LogP contribution in [0, 0.1) is 0 Å². The molecular weight excluding hydrogens is 380 g/mol. The van der Waals surface area contributed by atoms with Gasteiger partial charge in [0.15, 0.2) is 3.92 Å². The molecule has 2 aromatic heterocycles. The fourth-order valence-corrected chi connectivity index (χ4v) is 2.98. The number of anilines is 2. The highest BCUT2D eigenvalue weighted by Gasteiger charge is 2.06. The van der Waals surface area contributed by atoms with Crippen molar-refractivity contribution in [3.63, 3.8) is 0 Å². The van der Waals surface area contributed by atoms with Gasteiger partial charge < -0.3 is 5.32 Å². The maximum atomic E-state index is 4.42. The van der Waals surface area contributed by atoms with Crippen LogP contribution in [0.5, 0.6) is 0 Å². The van der Waals surface area contributed by atoms with Crippen molar-refractivity contribution in [3.05, 3.63) is 38.9 Å². The Kier molecular flexibility index (Phi) is 3.27. The van der Waals surface area contributed by atoms with Gasteiger partial charge in [-0.3, -0.25) is 4.98 Å². The molecule has 0 amide bonds. The van der Waals surface area contributed by atoms with E-state index in [1.54, 1.807) is 6.20 Å². The van der Waals surface area contributed by atoms with Crippen LogP contribution in [-0.4, -0.2) is 15.2 Å². The zero-order chi connectivity index (χ0) is 12.5. The number of pyridine rings is 1. The molecule has 0 aliphatic heterocycles. The highest BCUT2D eigenvalue weighted by atomic mass is 79.9. The molecule has 0 aliphatic rings. The summed E-state index contributed by atoms with van der Waals surface area (Å²) >= 11 is 8.15. The molecule has 0 atom stereocenters. The fraction of sp³-hybridized carbons (Fsp3) is 0. The Hall–Kier alpha value is -1.05. The van der Waals surface area contributed by atoms with E-state index in [0.29, 0.717) is 0 Å². The third-order valence-electron chi connectivity index (χ3n) is 2.32. The third kappa shape index (κ3) is 2.38. The minimum absolute atomic E-state index is 0.735. The van der Waals surface area contributed by atoms with Gasteiger partial charge in [-0.15, -0.1) is 10.2 Å². The zero-order valence-corrected chi connectivity index (χ0v) is 12.9. The molecule has 0 saturated carbocycles. The van der Waals surface area contributed by atoms with Crippen molar-refractivity contribution >= 4 is 64.9 Å². The highest BCUT2D eigenvalue weighted by Crippen LogP contribution is 2.28. The number of nitrogens with zero attached hydrogens (tertiary/aromatic N) is 3. The minimum atomic E-state index is 0.735. The van der Waals surface area contributed by atoms with Crippen LogP contribution in [0.2, 0.25) is 0 Å². The Morgan fingerprint density at radius 3 is 2.83 bits per heavy atom. The second kappa shape index (κ2) is 4.91. The fourth-order valence-electron chi connectivity index (χ4n) is 1.61. The summed E-state index contributed by atoms with van der Waals surface area (Å²) in [7, 11) is 0. The van der Waals surface area contributed by atoms with Crippen LogP contribution in [0.3, 0.4) is 0 Å². The van der Waals surface area contributed by atoms with Crippen LogP contribution in [0.4, 0.5) is 10.8 Å². The molecule has 1 aromatic carbocycles. The van der Waals surface area contributed by atoms with Gasteiger partial charge in [-0.25, -0.2) is 0 Å². The van der Waals surface area contributed by atoms with E-state index in [2.05, 4.69) is 52.4 Å². The molecule has 0 radical (unpaired) electrons. The first kappa shape index (κ1) is 12.0. The quantitative estimate of drug-likeness (QED) is 0.712. The molecule has 1 N–H and O–H groups in total. The van der Waals surface area contributed by atoms with Crippen LogP contribution in [0.25, 0.3) is 10.9 Å². The van der Waals surface area contributed by atoms with E-state index >= 15 is 0 Å². The number of benzene rings is 1. The average Bonchev–Trinajstić information content (AvgIpc) is 2.75. The second-order valence-electron chi connectivity index (χ2n) is 3.52. The molecule has 7 heteroatoms. The van der Waals surface area contributed by atoms with Crippen molar-refractivity contribution in [2.24, 2.45) is 0 Å². The zero-order valence-electron chi connectivity index (χ0n) is 8.89. The molecule has 0 unspecified atom stereocenters. The van der Waals surface area contributed by atoms with Crippen LogP contribution < -0.4 is 5.32 Å². The topological polar surface area (TPSA) is 50.7 Å². The number of hydrogen-bond acceptors (Lipinski definition) is 5. The number of halogens is 2. The second-order valence-corrected chi connectivity index (χ2v) is 6.69. The average molecular weight is 386 g/mol. The summed E-state index contributed by atoms with van der Waals surface area (Å²) in [6.45, 7) is 0. The first-order valence-corrected chi connectivity index (χ1v) is 7.43. The van der Waals surface area contributed by atoms with Gasteiger partial charge >= 0.3 is 0 Å². The van der Waals surface area contributed by atoms with E-state index < -0.39 is 0 Å². The summed E-state index contributed by atoms with van der Waals surface area (Å²) in [6, 6.07) is 8.01. The van der Waals surface area contributed by atoms with Gasteiger partial charge in [0.05, 0.1) is 11.2 Å². The van der Waals surface area contributed by atoms with E-state index in [-0.39, 0.29) is 0 Å². The highest BCUT2D eigenvalue weighted by molar-refractivity contribution is 9.11. The van der Waals surface area contributed by atoms with Gasteiger partial charge in [-0.05, 0) is 44.0 Å². The predicted octanol–water partition coefficient (Wildman–Crippen LogP) is 4.35. The van der Waals surface area contributed by atoms with E-state index in [1.807, 2.05) is 24.3 Å². The summed E-state index contributed by atoms with van der Waals surface area (Å²) in [5.74, 6) is 0. The van der Waals surface area contributed by atoms with Crippen molar-refractivity contribution < 1.29 is 0 Å². The number of aromatic nitrogens is 3. The Morgan fingerprint density at radius 1 is 1.17 bits per heavy atom. The third-order valence-corrected chi connectivity index (χ3v) is 4.02. The predicted molar refractivity (Wildman–Crippen MR) is 80.3 cm³/mol. The molecule has 0 saturated heterocycles. The van der Waals surface area contributed by atoms with Crippen LogP contribution in [0.15, 0.2) is 38.9 Å². The summed E-state index contributed by atoms with van der Waals surface area (Å²) in [5.41, 5.74) is 1.83. The Labute approximate surface area is 124 Å². The van der Waals surface area contributed by atoms with E-state index in [4.69, 9.17) is 0 Å². The number of rotatable bonds is 2. The first-order valence-electron chi connectivity index (χ1n) is 5.03. The van der Waals surface area contributed by atoms with Gasteiger partial charge in [-0.1, -0.05) is 23.5 Å². The molecule has 3 rings (SSSR count). The van der Waals surface area contributed by atoms with Crippen molar-refractivity contribution in [1.82, 2.24) is 15.2 Å². The normalized spacial score (nSPS) is 10.8. The van der Waals surface area contributed by atoms with Crippen molar-refractivity contribution in [1.29, 1.82) is 0 Å². The summed E-state index contributed by atoms with van der Waals surface area (Å²) < 4.78 is 1.71. The lowest BCUT2D eigenvalue weighted by atomic mass is 10.2. The van der Waals surface area contributed by atoms with Gasteiger partial charge in [0.1, 0.15) is 0 Å². The lowest BCUT2D eigenvalue weighted by molar-refractivity contribution is 1.07. The monoisotopic (exact) mass is 384 g/mol. The Balaban J connectivity index is 2.06. The molecule has 0 bridgehead atoms. The SMILES string of the molecule is Brc1cnc2c(Nc3nnc(Br)s3)cccc2c1. The van der Waals surface area contributed by atoms with Crippen LogP contribution >= 0.6 is 43.2 Å². The number of nitrogens with one attached hydrogen (secondary N) is 1. The number of para-hydroxylation sites is 1. The lowest BCUT2D eigenvalue weighted by Gasteiger charge is -2.06. The van der Waals surface area contributed by atoms with Gasteiger partial charge in [0.25, 0.3) is 0 Å². The molecule has 90 valence electrons. The van der Waals surface area contributed by atoms with Crippen molar-refractivity contribution in [2.45, 2.75) is 0 Å². The van der Waals surface area contributed by atoms with E-state index in [1.165, 1.54) is 11.3 Å². The molecular formula is C11H6Br2N4S. The maximum Gasteiger partial charge on any atom is 0.210 e. The smallest absolute Gasteiger partial charge is 0.210 e. The molecule has 2 heterocycles. The van der Waals surface area contributed by atoms with Gasteiger partial charge in [0.2, 0.25) is 5.13 Å².